The molecule has 2 aromatic carbocycles. The van der Waals surface area contributed by atoms with Gasteiger partial charge in [-0.15, -0.1) is 0 Å². The number of hydrogen-bond acceptors (Lipinski definition) is 7. The molecule has 0 radical (unpaired) electrons. The zero-order valence-electron chi connectivity index (χ0n) is 13.6. The fourth-order valence-electron chi connectivity index (χ4n) is 2.28. The summed E-state index contributed by atoms with van der Waals surface area (Å²) in [7, 11) is -0.607. The van der Waals surface area contributed by atoms with Gasteiger partial charge in [-0.25, -0.2) is 23.5 Å². The number of fused-ring (bicyclic) bond motifs is 1. The Bertz CT molecular complexity index is 1020. The topological polar surface area (TPSA) is 116 Å². The quantitative estimate of drug-likeness (QED) is 0.715. The summed E-state index contributed by atoms with van der Waals surface area (Å²) >= 11 is 0. The van der Waals surface area contributed by atoms with Crippen LogP contribution < -0.4 is 19.9 Å². The van der Waals surface area contributed by atoms with E-state index in [0.717, 1.165) is 5.39 Å². The van der Waals surface area contributed by atoms with Gasteiger partial charge >= 0.3 is 0 Å². The van der Waals surface area contributed by atoms with Gasteiger partial charge < -0.3 is 14.8 Å². The molecule has 1 heterocycles. The molecule has 0 aliphatic heterocycles. The highest BCUT2D eigenvalue weighted by atomic mass is 32.2. The van der Waals surface area contributed by atoms with Gasteiger partial charge in [0.1, 0.15) is 0 Å². The van der Waals surface area contributed by atoms with Crippen molar-refractivity contribution in [1.29, 1.82) is 0 Å². The lowest BCUT2D eigenvalue weighted by atomic mass is 10.2. The molecule has 9 heteroatoms. The number of aromatic nitrogens is 2. The lowest BCUT2D eigenvalue weighted by Gasteiger charge is -2.10. The summed E-state index contributed by atoms with van der Waals surface area (Å²) in [5.74, 6) is 1.53. The van der Waals surface area contributed by atoms with Crippen LogP contribution in [0.5, 0.6) is 11.5 Å². The minimum atomic E-state index is -3.72. The Morgan fingerprint density at radius 2 is 1.68 bits per heavy atom. The van der Waals surface area contributed by atoms with Crippen LogP contribution in [-0.2, 0) is 10.0 Å². The maximum Gasteiger partial charge on any atom is 0.238 e. The third-order valence-electron chi connectivity index (χ3n) is 3.52. The van der Waals surface area contributed by atoms with Gasteiger partial charge in [-0.3, -0.25) is 0 Å². The van der Waals surface area contributed by atoms with Crippen molar-refractivity contribution < 1.29 is 17.9 Å². The van der Waals surface area contributed by atoms with Crippen molar-refractivity contribution in [2.24, 2.45) is 5.14 Å². The SMILES string of the molecule is COc1cc2cnc(Nc3ccc(S(N)(=O)=O)cc3)nc2cc1OC. The molecule has 0 saturated heterocycles. The molecular formula is C16H16N4O4S. The third-order valence-corrected chi connectivity index (χ3v) is 4.45. The molecule has 0 spiro atoms. The van der Waals surface area contributed by atoms with E-state index in [1.54, 1.807) is 44.7 Å². The predicted molar refractivity (Wildman–Crippen MR) is 93.7 cm³/mol. The molecule has 0 saturated carbocycles. The van der Waals surface area contributed by atoms with Crippen LogP contribution >= 0.6 is 0 Å². The van der Waals surface area contributed by atoms with Crippen LogP contribution in [0.25, 0.3) is 10.9 Å². The molecule has 0 unspecified atom stereocenters. The van der Waals surface area contributed by atoms with Crippen LogP contribution in [-0.4, -0.2) is 32.6 Å². The molecule has 1 aromatic heterocycles. The van der Waals surface area contributed by atoms with Crippen LogP contribution in [0.15, 0.2) is 47.5 Å². The van der Waals surface area contributed by atoms with Gasteiger partial charge in [-0.2, -0.15) is 0 Å². The Balaban J connectivity index is 1.91. The highest BCUT2D eigenvalue weighted by molar-refractivity contribution is 7.89. The van der Waals surface area contributed by atoms with Crippen molar-refractivity contribution in [3.05, 3.63) is 42.6 Å². The number of anilines is 2. The first kappa shape index (κ1) is 16.9. The first-order valence-electron chi connectivity index (χ1n) is 7.19. The average molecular weight is 360 g/mol. The van der Waals surface area contributed by atoms with Gasteiger partial charge in [0.05, 0.1) is 24.6 Å². The number of methoxy groups -OCH3 is 2. The largest absolute Gasteiger partial charge is 0.493 e. The monoisotopic (exact) mass is 360 g/mol. The molecule has 130 valence electrons. The number of nitrogens with two attached hydrogens (primary N) is 1. The minimum absolute atomic E-state index is 0.0364. The summed E-state index contributed by atoms with van der Waals surface area (Å²) < 4.78 is 33.1. The van der Waals surface area contributed by atoms with Crippen LogP contribution in [0.3, 0.4) is 0 Å². The fourth-order valence-corrected chi connectivity index (χ4v) is 2.79. The lowest BCUT2D eigenvalue weighted by Crippen LogP contribution is -2.11. The number of primary sulfonamides is 1. The summed E-state index contributed by atoms with van der Waals surface area (Å²) in [5.41, 5.74) is 1.31. The van der Waals surface area contributed by atoms with Crippen molar-refractivity contribution in [3.63, 3.8) is 0 Å². The van der Waals surface area contributed by atoms with E-state index >= 15 is 0 Å². The molecule has 8 nitrogen and oxygen atoms in total. The number of nitrogens with one attached hydrogen (secondary N) is 1. The first-order valence-corrected chi connectivity index (χ1v) is 8.74. The summed E-state index contributed by atoms with van der Waals surface area (Å²) in [5, 5.41) is 8.89. The van der Waals surface area contributed by atoms with E-state index in [9.17, 15) is 8.42 Å². The first-order chi connectivity index (χ1) is 11.9. The van der Waals surface area contributed by atoms with Crippen LogP contribution in [0.4, 0.5) is 11.6 Å². The Hall–Kier alpha value is -2.91. The molecule has 0 aliphatic rings. The number of benzene rings is 2. The van der Waals surface area contributed by atoms with Crippen LogP contribution in [0.2, 0.25) is 0 Å². The van der Waals surface area contributed by atoms with Gasteiger partial charge in [0, 0.05) is 23.3 Å². The number of ether oxygens (including phenoxy) is 2. The summed E-state index contributed by atoms with van der Waals surface area (Å²) in [4.78, 5) is 8.70. The Kier molecular flexibility index (Phi) is 4.43. The van der Waals surface area contributed by atoms with Crippen molar-refractivity contribution in [2.75, 3.05) is 19.5 Å². The standard InChI is InChI=1S/C16H16N4O4S/c1-23-14-7-10-9-18-16(20-13(10)8-15(14)24-2)19-11-3-5-12(6-4-11)25(17,21)22/h3-9H,1-2H3,(H2,17,21,22)(H,18,19,20). The van der Waals surface area contributed by atoms with Gasteiger partial charge in [0.25, 0.3) is 0 Å². The van der Waals surface area contributed by atoms with E-state index in [0.29, 0.717) is 28.7 Å². The molecular weight excluding hydrogens is 344 g/mol. The van der Waals surface area contributed by atoms with Crippen molar-refractivity contribution in [2.45, 2.75) is 4.90 Å². The molecule has 3 rings (SSSR count). The molecule has 0 atom stereocenters. The third kappa shape index (κ3) is 3.62. The Morgan fingerprint density at radius 1 is 1.04 bits per heavy atom. The Morgan fingerprint density at radius 3 is 2.28 bits per heavy atom. The van der Waals surface area contributed by atoms with Gasteiger partial charge in [-0.05, 0) is 30.3 Å². The van der Waals surface area contributed by atoms with Crippen molar-refractivity contribution in [1.82, 2.24) is 9.97 Å². The van der Waals surface area contributed by atoms with E-state index in [1.165, 1.54) is 12.1 Å². The number of nitrogens with zero attached hydrogens (tertiary/aromatic N) is 2. The second kappa shape index (κ2) is 6.54. The highest BCUT2D eigenvalue weighted by Gasteiger charge is 2.10. The summed E-state index contributed by atoms with van der Waals surface area (Å²) in [6.07, 6.45) is 1.66. The maximum atomic E-state index is 11.3. The van der Waals surface area contributed by atoms with Crippen molar-refractivity contribution in [3.8, 4) is 11.5 Å². The number of sulfonamides is 1. The fraction of sp³-hybridized carbons (Fsp3) is 0.125. The van der Waals surface area contributed by atoms with Gasteiger partial charge in [-0.1, -0.05) is 0 Å². The molecule has 0 aliphatic carbocycles. The molecule has 0 amide bonds. The Labute approximate surface area is 144 Å². The van der Waals surface area contributed by atoms with Gasteiger partial charge in [0.15, 0.2) is 11.5 Å². The zero-order valence-corrected chi connectivity index (χ0v) is 14.4. The molecule has 0 bridgehead atoms. The molecule has 3 N–H and O–H groups in total. The predicted octanol–water partition coefficient (Wildman–Crippen LogP) is 2.04. The second-order valence-corrected chi connectivity index (χ2v) is 6.72. The van der Waals surface area contributed by atoms with Crippen molar-refractivity contribution >= 4 is 32.6 Å². The van der Waals surface area contributed by atoms with E-state index in [4.69, 9.17) is 14.6 Å². The minimum Gasteiger partial charge on any atom is -0.493 e. The summed E-state index contributed by atoms with van der Waals surface area (Å²) in [6.45, 7) is 0. The molecule has 0 fully saturated rings. The van der Waals surface area contributed by atoms with E-state index in [1.807, 2.05) is 0 Å². The lowest BCUT2D eigenvalue weighted by molar-refractivity contribution is 0.356. The smallest absolute Gasteiger partial charge is 0.238 e. The summed E-state index contributed by atoms with van der Waals surface area (Å²) in [6, 6.07) is 9.53. The normalized spacial score (nSPS) is 11.3. The van der Waals surface area contributed by atoms with E-state index < -0.39 is 10.0 Å². The second-order valence-electron chi connectivity index (χ2n) is 5.15. The van der Waals surface area contributed by atoms with E-state index in [2.05, 4.69) is 15.3 Å². The average Bonchev–Trinajstić information content (AvgIpc) is 2.60. The van der Waals surface area contributed by atoms with E-state index in [-0.39, 0.29) is 4.90 Å². The van der Waals surface area contributed by atoms with Gasteiger partial charge in [0.2, 0.25) is 16.0 Å². The molecule has 25 heavy (non-hydrogen) atoms. The highest BCUT2D eigenvalue weighted by Crippen LogP contribution is 2.31. The van der Waals surface area contributed by atoms with Crippen LogP contribution in [0.1, 0.15) is 0 Å². The molecule has 3 aromatic rings. The van der Waals surface area contributed by atoms with Crippen LogP contribution in [0, 0.1) is 0 Å². The maximum absolute atomic E-state index is 11.3. The zero-order chi connectivity index (χ0) is 18.0. The number of rotatable bonds is 5. The number of hydrogen-bond donors (Lipinski definition) is 2.